The molecule has 0 spiro atoms. The van der Waals surface area contributed by atoms with Crippen LogP contribution in [0.4, 0.5) is 0 Å². The lowest BCUT2D eigenvalue weighted by Crippen LogP contribution is -2.55. The summed E-state index contributed by atoms with van der Waals surface area (Å²) >= 11 is 0. The Labute approximate surface area is 154 Å². The van der Waals surface area contributed by atoms with Crippen LogP contribution in [0.15, 0.2) is 10.6 Å². The Bertz CT molecular complexity index is 728. The number of amides is 2. The molecule has 2 bridgehead atoms. The summed E-state index contributed by atoms with van der Waals surface area (Å²) < 4.78 is 5.39. The van der Waals surface area contributed by atoms with Gasteiger partial charge in [0.15, 0.2) is 0 Å². The minimum Gasteiger partial charge on any atom is -0.351 e. The van der Waals surface area contributed by atoms with Crippen molar-refractivity contribution in [3.63, 3.8) is 0 Å². The Morgan fingerprint density at radius 2 is 1.96 bits per heavy atom. The highest BCUT2D eigenvalue weighted by atomic mass is 16.5. The molecular weight excluding hydrogens is 330 g/mol. The molecule has 2 aliphatic heterocycles. The van der Waals surface area contributed by atoms with Gasteiger partial charge in [-0.1, -0.05) is 38.8 Å². The van der Waals surface area contributed by atoms with Crippen LogP contribution in [-0.2, 0) is 4.79 Å². The maximum Gasteiger partial charge on any atom is 0.292 e. The van der Waals surface area contributed by atoms with Crippen molar-refractivity contribution in [3.05, 3.63) is 17.5 Å². The Balaban J connectivity index is 1.69. The number of nitrogens with zero attached hydrogens (tertiary/aromatic N) is 3. The topological polar surface area (TPSA) is 66.7 Å². The lowest BCUT2D eigenvalue weighted by Gasteiger charge is -2.46. The second-order valence-electron chi connectivity index (χ2n) is 8.83. The van der Waals surface area contributed by atoms with Crippen molar-refractivity contribution in [1.29, 1.82) is 0 Å². The number of hydrogen-bond donors (Lipinski definition) is 0. The highest BCUT2D eigenvalue weighted by molar-refractivity contribution is 5.92. The molecule has 1 aliphatic carbocycles. The van der Waals surface area contributed by atoms with Gasteiger partial charge in [0.05, 0.1) is 11.7 Å². The molecule has 26 heavy (non-hydrogen) atoms. The first-order chi connectivity index (χ1) is 12.3. The molecule has 2 saturated heterocycles. The minimum absolute atomic E-state index is 0.0261. The van der Waals surface area contributed by atoms with E-state index in [4.69, 9.17) is 4.52 Å². The highest BCUT2D eigenvalue weighted by Crippen LogP contribution is 2.53. The number of carbonyl (C=O) groups is 2. The van der Waals surface area contributed by atoms with Crippen LogP contribution in [0.3, 0.4) is 0 Å². The van der Waals surface area contributed by atoms with E-state index in [1.54, 1.807) is 13.0 Å². The molecule has 4 rings (SSSR count). The van der Waals surface area contributed by atoms with Crippen LogP contribution in [0.2, 0.25) is 0 Å². The van der Waals surface area contributed by atoms with Crippen LogP contribution < -0.4 is 0 Å². The van der Waals surface area contributed by atoms with Crippen molar-refractivity contribution in [1.82, 2.24) is 15.0 Å². The molecule has 1 saturated carbocycles. The van der Waals surface area contributed by atoms with Gasteiger partial charge in [-0.3, -0.25) is 9.59 Å². The van der Waals surface area contributed by atoms with Crippen molar-refractivity contribution < 1.29 is 14.1 Å². The summed E-state index contributed by atoms with van der Waals surface area (Å²) in [7, 11) is 0. The predicted octanol–water partition coefficient (Wildman–Crippen LogP) is 3.19. The normalized spacial score (nSPS) is 33.5. The fourth-order valence-corrected chi connectivity index (χ4v) is 5.67. The number of hydrogen-bond acceptors (Lipinski definition) is 4. The molecule has 0 aromatic carbocycles. The Morgan fingerprint density at radius 1 is 1.27 bits per heavy atom. The molecule has 1 aromatic rings. The zero-order chi connectivity index (χ0) is 18.6. The number of aromatic nitrogens is 1. The molecule has 0 unspecified atom stereocenters. The fourth-order valence-electron chi connectivity index (χ4n) is 5.67. The third-order valence-corrected chi connectivity index (χ3v) is 6.87. The van der Waals surface area contributed by atoms with Crippen LogP contribution in [-0.4, -0.2) is 51.4 Å². The lowest BCUT2D eigenvalue weighted by atomic mass is 9.71. The van der Waals surface area contributed by atoms with E-state index in [-0.39, 0.29) is 41.3 Å². The van der Waals surface area contributed by atoms with Crippen LogP contribution in [0.25, 0.3) is 0 Å². The zero-order valence-electron chi connectivity index (χ0n) is 16.2. The first kappa shape index (κ1) is 17.6. The summed E-state index contributed by atoms with van der Waals surface area (Å²) in [6.07, 6.45) is 5.27. The maximum absolute atomic E-state index is 13.3. The van der Waals surface area contributed by atoms with E-state index in [1.807, 2.05) is 18.7 Å². The Morgan fingerprint density at radius 3 is 2.58 bits per heavy atom. The van der Waals surface area contributed by atoms with Gasteiger partial charge in [0.1, 0.15) is 0 Å². The quantitative estimate of drug-likeness (QED) is 0.813. The SMILES string of the molecule is CC(=O)N1[C@@H]2CN(C(=O)c3cc(C(C)C)no3)[C@@H]3CCCC[C@H]1[C@]3(C)C2. The molecule has 3 fully saturated rings. The first-order valence-electron chi connectivity index (χ1n) is 9.89. The monoisotopic (exact) mass is 359 g/mol. The molecule has 1 aromatic heterocycles. The van der Waals surface area contributed by atoms with E-state index in [9.17, 15) is 9.59 Å². The molecule has 3 aliphatic rings. The van der Waals surface area contributed by atoms with E-state index in [2.05, 4.69) is 17.0 Å². The maximum atomic E-state index is 13.3. The van der Waals surface area contributed by atoms with Crippen LogP contribution in [0, 0.1) is 5.41 Å². The Hall–Kier alpha value is -1.85. The second-order valence-corrected chi connectivity index (χ2v) is 8.83. The standard InChI is InChI=1S/C20H29N3O3/c1-12(2)15-9-16(26-21-15)19(25)22-11-14-10-20(4)17(22)7-5-6-8-18(20)23(14)13(3)24/h9,12,14,17-18H,5-8,10-11H2,1-4H3/t14-,17+,18-,20+/m0/s1. The summed E-state index contributed by atoms with van der Waals surface area (Å²) in [5.74, 6) is 0.622. The van der Waals surface area contributed by atoms with Gasteiger partial charge in [0, 0.05) is 37.0 Å². The van der Waals surface area contributed by atoms with Crippen LogP contribution >= 0.6 is 0 Å². The minimum atomic E-state index is -0.0728. The van der Waals surface area contributed by atoms with Gasteiger partial charge in [-0.25, -0.2) is 0 Å². The summed E-state index contributed by atoms with van der Waals surface area (Å²) in [6.45, 7) is 8.63. The van der Waals surface area contributed by atoms with Gasteiger partial charge >= 0.3 is 0 Å². The predicted molar refractivity (Wildman–Crippen MR) is 96.7 cm³/mol. The number of carbonyl (C=O) groups excluding carboxylic acids is 2. The molecule has 142 valence electrons. The van der Waals surface area contributed by atoms with E-state index in [0.717, 1.165) is 37.8 Å². The van der Waals surface area contributed by atoms with Gasteiger partial charge in [-0.2, -0.15) is 0 Å². The van der Waals surface area contributed by atoms with Crippen LogP contribution in [0.1, 0.15) is 82.0 Å². The van der Waals surface area contributed by atoms with E-state index in [1.165, 1.54) is 0 Å². The third kappa shape index (κ3) is 2.48. The largest absolute Gasteiger partial charge is 0.351 e. The fraction of sp³-hybridized carbons (Fsp3) is 0.750. The molecule has 0 N–H and O–H groups in total. The number of piperidine rings is 1. The molecule has 6 heteroatoms. The van der Waals surface area contributed by atoms with E-state index >= 15 is 0 Å². The van der Waals surface area contributed by atoms with Gasteiger partial charge in [0.25, 0.3) is 5.91 Å². The summed E-state index contributed by atoms with van der Waals surface area (Å²) in [6, 6.07) is 2.31. The smallest absolute Gasteiger partial charge is 0.292 e. The average molecular weight is 359 g/mol. The van der Waals surface area contributed by atoms with E-state index in [0.29, 0.717) is 12.3 Å². The Kier molecular flexibility index (Phi) is 4.12. The van der Waals surface area contributed by atoms with E-state index < -0.39 is 0 Å². The molecule has 2 amide bonds. The summed E-state index contributed by atoms with van der Waals surface area (Å²) in [5.41, 5.74) is 0.783. The van der Waals surface area contributed by atoms with Crippen molar-refractivity contribution in [2.75, 3.05) is 6.54 Å². The van der Waals surface area contributed by atoms with Gasteiger partial charge < -0.3 is 14.3 Å². The van der Waals surface area contributed by atoms with Crippen molar-refractivity contribution in [3.8, 4) is 0 Å². The summed E-state index contributed by atoms with van der Waals surface area (Å²) in [4.78, 5) is 29.7. The van der Waals surface area contributed by atoms with Gasteiger partial charge in [-0.15, -0.1) is 0 Å². The average Bonchev–Trinajstić information content (AvgIpc) is 3.11. The molecular formula is C20H29N3O3. The number of fused-ring (bicyclic) bond motifs is 1. The second kappa shape index (κ2) is 6.10. The van der Waals surface area contributed by atoms with Crippen molar-refractivity contribution in [2.45, 2.75) is 83.8 Å². The first-order valence-corrected chi connectivity index (χ1v) is 9.89. The lowest BCUT2D eigenvalue weighted by molar-refractivity contribution is -0.132. The van der Waals surface area contributed by atoms with Gasteiger partial charge in [-0.05, 0) is 25.2 Å². The zero-order valence-corrected chi connectivity index (χ0v) is 16.2. The summed E-state index contributed by atoms with van der Waals surface area (Å²) in [5, 5.41) is 4.06. The van der Waals surface area contributed by atoms with Gasteiger partial charge in [0.2, 0.25) is 11.7 Å². The number of likely N-dealkylation sites (tertiary alicyclic amines) is 2. The highest BCUT2D eigenvalue weighted by Gasteiger charge is 2.60. The molecule has 6 nitrogen and oxygen atoms in total. The molecule has 3 heterocycles. The van der Waals surface area contributed by atoms with Crippen LogP contribution in [0.5, 0.6) is 0 Å². The molecule has 4 atom stereocenters. The molecule has 0 radical (unpaired) electrons. The number of rotatable bonds is 2. The third-order valence-electron chi connectivity index (χ3n) is 6.87. The van der Waals surface area contributed by atoms with Crippen molar-refractivity contribution >= 4 is 11.8 Å². The van der Waals surface area contributed by atoms with Crippen molar-refractivity contribution in [2.24, 2.45) is 5.41 Å².